The average Bonchev–Trinajstić information content (AvgIpc) is 2.77. The van der Waals surface area contributed by atoms with Gasteiger partial charge < -0.3 is 9.80 Å². The lowest BCUT2D eigenvalue weighted by atomic mass is 10.1. The maximum absolute atomic E-state index is 4.56. The summed E-state index contributed by atoms with van der Waals surface area (Å²) in [5.41, 5.74) is 4.84. The summed E-state index contributed by atoms with van der Waals surface area (Å²) in [6, 6.07) is 12.7. The minimum absolute atomic E-state index is 0.453. The number of hydrogen-bond donors (Lipinski definition) is 0. The van der Waals surface area contributed by atoms with Crippen LogP contribution in [0.1, 0.15) is 25.5 Å². The van der Waals surface area contributed by atoms with E-state index in [0.29, 0.717) is 5.92 Å². The molecule has 1 aromatic carbocycles. The van der Waals surface area contributed by atoms with Gasteiger partial charge in [-0.2, -0.15) is 0 Å². The second kappa shape index (κ2) is 4.57. The van der Waals surface area contributed by atoms with Gasteiger partial charge in [0, 0.05) is 18.4 Å². The molecular formula is C16H19N3. The van der Waals surface area contributed by atoms with Gasteiger partial charge in [0.25, 0.3) is 0 Å². The second-order valence-corrected chi connectivity index (χ2v) is 5.36. The number of aromatic nitrogens is 1. The number of rotatable bonds is 2. The third-order valence-corrected chi connectivity index (χ3v) is 3.60. The van der Waals surface area contributed by atoms with Crippen LogP contribution in [-0.4, -0.2) is 18.7 Å². The largest absolute Gasteiger partial charge is 0.354 e. The normalized spacial score (nSPS) is 14.1. The van der Waals surface area contributed by atoms with Crippen molar-refractivity contribution in [2.45, 2.75) is 19.8 Å². The molecule has 1 aliphatic heterocycles. The van der Waals surface area contributed by atoms with E-state index >= 15 is 0 Å². The van der Waals surface area contributed by atoms with Crippen molar-refractivity contribution in [3.63, 3.8) is 0 Å². The van der Waals surface area contributed by atoms with Crippen LogP contribution >= 0.6 is 0 Å². The van der Waals surface area contributed by atoms with Crippen molar-refractivity contribution in [3.05, 3.63) is 48.3 Å². The summed E-state index contributed by atoms with van der Waals surface area (Å²) >= 11 is 0. The van der Waals surface area contributed by atoms with Crippen LogP contribution in [0.15, 0.2) is 42.6 Å². The van der Waals surface area contributed by atoms with Crippen LogP contribution in [0.25, 0.3) is 0 Å². The molecule has 19 heavy (non-hydrogen) atoms. The van der Waals surface area contributed by atoms with Crippen LogP contribution in [0.2, 0.25) is 0 Å². The van der Waals surface area contributed by atoms with Crippen molar-refractivity contribution in [1.29, 1.82) is 0 Å². The lowest BCUT2D eigenvalue weighted by molar-refractivity contribution is 0.823. The van der Waals surface area contributed by atoms with Crippen molar-refractivity contribution in [2.75, 3.05) is 23.5 Å². The molecule has 3 heteroatoms. The van der Waals surface area contributed by atoms with Gasteiger partial charge in [-0.3, -0.25) is 4.98 Å². The van der Waals surface area contributed by atoms with Crippen molar-refractivity contribution in [1.82, 2.24) is 4.98 Å². The molecule has 98 valence electrons. The minimum atomic E-state index is 0.453. The standard InChI is InChI=1S/C16H19N3/c1-12(2)14-9-15-16(10-17-14)18(3)11-19(15)13-7-5-4-6-8-13/h4-10,12H,11H2,1-3H3. The molecule has 0 saturated carbocycles. The molecule has 0 radical (unpaired) electrons. The van der Waals surface area contributed by atoms with E-state index in [1.54, 1.807) is 0 Å². The zero-order chi connectivity index (χ0) is 13.4. The van der Waals surface area contributed by atoms with E-state index in [1.165, 1.54) is 17.1 Å². The molecule has 0 bridgehead atoms. The van der Waals surface area contributed by atoms with E-state index in [-0.39, 0.29) is 0 Å². The number of anilines is 3. The van der Waals surface area contributed by atoms with Gasteiger partial charge in [0.1, 0.15) is 0 Å². The molecule has 0 atom stereocenters. The van der Waals surface area contributed by atoms with Crippen LogP contribution in [0, 0.1) is 0 Å². The Hall–Kier alpha value is -2.03. The highest BCUT2D eigenvalue weighted by Gasteiger charge is 2.25. The first-order valence-corrected chi connectivity index (χ1v) is 6.70. The smallest absolute Gasteiger partial charge is 0.0950 e. The Balaban J connectivity index is 2.07. The topological polar surface area (TPSA) is 19.4 Å². The Morgan fingerprint density at radius 2 is 1.84 bits per heavy atom. The fraction of sp³-hybridized carbons (Fsp3) is 0.312. The van der Waals surface area contributed by atoms with Crippen molar-refractivity contribution < 1.29 is 0 Å². The number of benzene rings is 1. The molecule has 0 saturated heterocycles. The first-order valence-electron chi connectivity index (χ1n) is 6.70. The maximum atomic E-state index is 4.56. The van der Waals surface area contributed by atoms with Crippen LogP contribution in [0.3, 0.4) is 0 Å². The van der Waals surface area contributed by atoms with Crippen molar-refractivity contribution >= 4 is 17.1 Å². The average molecular weight is 253 g/mol. The molecule has 2 aromatic rings. The maximum Gasteiger partial charge on any atom is 0.0950 e. The summed E-state index contributed by atoms with van der Waals surface area (Å²) in [6.07, 6.45) is 1.99. The van der Waals surface area contributed by atoms with Crippen molar-refractivity contribution in [3.8, 4) is 0 Å². The molecule has 0 spiro atoms. The number of para-hydroxylation sites is 1. The predicted octanol–water partition coefficient (Wildman–Crippen LogP) is 3.75. The molecule has 0 unspecified atom stereocenters. The highest BCUT2D eigenvalue weighted by atomic mass is 15.4. The third-order valence-electron chi connectivity index (χ3n) is 3.60. The van der Waals surface area contributed by atoms with Crippen molar-refractivity contribution in [2.24, 2.45) is 0 Å². The van der Waals surface area contributed by atoms with Crippen LogP contribution in [-0.2, 0) is 0 Å². The van der Waals surface area contributed by atoms with Gasteiger partial charge in [-0.05, 0) is 24.1 Å². The Morgan fingerprint density at radius 1 is 1.11 bits per heavy atom. The Kier molecular flexibility index (Phi) is 2.90. The van der Waals surface area contributed by atoms with Gasteiger partial charge >= 0.3 is 0 Å². The van der Waals surface area contributed by atoms with Crippen LogP contribution < -0.4 is 9.80 Å². The first-order chi connectivity index (χ1) is 9.16. The van der Waals surface area contributed by atoms with E-state index < -0.39 is 0 Å². The fourth-order valence-corrected chi connectivity index (χ4v) is 2.47. The van der Waals surface area contributed by atoms with E-state index in [1.807, 2.05) is 6.20 Å². The van der Waals surface area contributed by atoms with Gasteiger partial charge in [-0.25, -0.2) is 0 Å². The highest BCUT2D eigenvalue weighted by Crippen LogP contribution is 2.40. The summed E-state index contributed by atoms with van der Waals surface area (Å²) in [7, 11) is 2.11. The Bertz CT molecular complexity index is 578. The molecule has 0 N–H and O–H groups in total. The molecule has 0 amide bonds. The minimum Gasteiger partial charge on any atom is -0.354 e. The molecule has 3 nitrogen and oxygen atoms in total. The highest BCUT2D eigenvalue weighted by molar-refractivity contribution is 5.81. The molecular weight excluding hydrogens is 234 g/mol. The number of fused-ring (bicyclic) bond motifs is 1. The lowest BCUT2D eigenvalue weighted by Crippen LogP contribution is -2.23. The molecule has 0 fully saturated rings. The number of pyridine rings is 1. The second-order valence-electron chi connectivity index (χ2n) is 5.36. The molecule has 2 heterocycles. The summed E-state index contributed by atoms with van der Waals surface area (Å²) < 4.78 is 0. The molecule has 1 aliphatic rings. The van der Waals surface area contributed by atoms with Crippen LogP contribution in [0.5, 0.6) is 0 Å². The number of hydrogen-bond acceptors (Lipinski definition) is 3. The predicted molar refractivity (Wildman–Crippen MR) is 80.2 cm³/mol. The summed E-state index contributed by atoms with van der Waals surface area (Å²) in [5.74, 6) is 0.453. The fourth-order valence-electron chi connectivity index (χ4n) is 2.47. The van der Waals surface area contributed by atoms with E-state index in [0.717, 1.165) is 12.4 Å². The zero-order valence-electron chi connectivity index (χ0n) is 11.7. The zero-order valence-corrected chi connectivity index (χ0v) is 11.7. The SMILES string of the molecule is CC(C)c1cc2c(cn1)N(C)CN2c1ccccc1. The Labute approximate surface area is 114 Å². The monoisotopic (exact) mass is 253 g/mol. The van der Waals surface area contributed by atoms with E-state index in [2.05, 4.69) is 72.1 Å². The lowest BCUT2D eigenvalue weighted by Gasteiger charge is -2.19. The molecule has 3 rings (SSSR count). The van der Waals surface area contributed by atoms with Gasteiger partial charge in [0.15, 0.2) is 0 Å². The quantitative estimate of drug-likeness (QED) is 0.812. The van der Waals surface area contributed by atoms with Gasteiger partial charge in [-0.1, -0.05) is 32.0 Å². The van der Waals surface area contributed by atoms with Crippen LogP contribution in [0.4, 0.5) is 17.1 Å². The van der Waals surface area contributed by atoms with Gasteiger partial charge in [0.2, 0.25) is 0 Å². The van der Waals surface area contributed by atoms with E-state index in [4.69, 9.17) is 0 Å². The Morgan fingerprint density at radius 3 is 2.53 bits per heavy atom. The number of nitrogens with zero attached hydrogens (tertiary/aromatic N) is 3. The summed E-state index contributed by atoms with van der Waals surface area (Å²) in [5, 5.41) is 0. The van der Waals surface area contributed by atoms with Gasteiger partial charge in [-0.15, -0.1) is 0 Å². The molecule has 1 aromatic heterocycles. The van der Waals surface area contributed by atoms with E-state index in [9.17, 15) is 0 Å². The summed E-state index contributed by atoms with van der Waals surface area (Å²) in [4.78, 5) is 9.13. The van der Waals surface area contributed by atoms with Gasteiger partial charge in [0.05, 0.1) is 24.2 Å². The third kappa shape index (κ3) is 2.05. The summed E-state index contributed by atoms with van der Waals surface area (Å²) in [6.45, 7) is 5.24. The molecule has 0 aliphatic carbocycles. The first kappa shape index (κ1) is 12.0.